The summed E-state index contributed by atoms with van der Waals surface area (Å²) >= 11 is 0. The lowest BCUT2D eigenvalue weighted by Gasteiger charge is -2.47. The number of hydrogen-bond donors (Lipinski definition) is 1. The van der Waals surface area contributed by atoms with Gasteiger partial charge < -0.3 is 19.9 Å². The third-order valence-corrected chi connectivity index (χ3v) is 6.11. The minimum Gasteiger partial charge on any atom is -0.493 e. The Morgan fingerprint density at radius 3 is 2.67 bits per heavy atom. The minimum atomic E-state index is -2.88. The number of nitrogens with zero attached hydrogens (tertiary/aromatic N) is 1. The summed E-state index contributed by atoms with van der Waals surface area (Å²) in [6.45, 7) is 2.52. The molecule has 168 valence electrons. The molecule has 3 rings (SSSR count). The molecule has 0 saturated carbocycles. The number of benzene rings is 1. The van der Waals surface area contributed by atoms with E-state index in [9.17, 15) is 4.79 Å². The predicted octanol–water partition coefficient (Wildman–Crippen LogP) is 3.56. The first-order valence-electron chi connectivity index (χ1n) is 13.5. The second-order valence-corrected chi connectivity index (χ2v) is 8.52. The van der Waals surface area contributed by atoms with Gasteiger partial charge in [-0.2, -0.15) is 0 Å². The summed E-state index contributed by atoms with van der Waals surface area (Å²) in [6.07, 6.45) is -2.54. The fraction of sp³-hybridized carbons (Fsp3) is 0.708. The molecule has 1 aromatic rings. The molecule has 1 aromatic carbocycles. The van der Waals surface area contributed by atoms with Gasteiger partial charge in [-0.25, -0.2) is 0 Å². The van der Waals surface area contributed by atoms with Gasteiger partial charge in [0.1, 0.15) is 12.1 Å². The number of rotatable bonds is 7. The Morgan fingerprint density at radius 2 is 2.03 bits per heavy atom. The first-order valence-corrected chi connectivity index (χ1v) is 10.5. The molecular weight excluding hydrogens is 380 g/mol. The van der Waals surface area contributed by atoms with E-state index in [1.54, 1.807) is 28.1 Å². The summed E-state index contributed by atoms with van der Waals surface area (Å²) in [4.78, 5) is 15.0. The highest BCUT2D eigenvalue weighted by Gasteiger charge is 2.41. The van der Waals surface area contributed by atoms with Gasteiger partial charge in [-0.15, -0.1) is 0 Å². The minimum absolute atomic E-state index is 0.130. The van der Waals surface area contributed by atoms with Crippen molar-refractivity contribution in [1.82, 2.24) is 4.90 Å². The van der Waals surface area contributed by atoms with Crippen LogP contribution in [0.3, 0.4) is 0 Å². The molecule has 2 aliphatic rings. The van der Waals surface area contributed by atoms with Crippen LogP contribution in [0.5, 0.6) is 11.5 Å². The van der Waals surface area contributed by atoms with Crippen molar-refractivity contribution in [3.63, 3.8) is 0 Å². The van der Waals surface area contributed by atoms with Crippen molar-refractivity contribution >= 4 is 5.97 Å². The molecule has 6 nitrogen and oxygen atoms in total. The Bertz CT molecular complexity index is 969. The molecule has 0 aliphatic carbocycles. The van der Waals surface area contributed by atoms with E-state index in [2.05, 4.69) is 4.90 Å². The molecule has 1 unspecified atom stereocenters. The Hall–Kier alpha value is -1.79. The monoisotopic (exact) mass is 424 g/mol. The van der Waals surface area contributed by atoms with Gasteiger partial charge in [0.2, 0.25) is 0 Å². The number of esters is 1. The van der Waals surface area contributed by atoms with Crippen LogP contribution in [-0.4, -0.2) is 50.3 Å². The number of methoxy groups -OCH3 is 2. The average Bonchev–Trinajstić information content (AvgIpc) is 2.80. The molecule has 2 aliphatic heterocycles. The summed E-state index contributed by atoms with van der Waals surface area (Å²) in [5, 5.41) is 0. The largest absolute Gasteiger partial charge is 0.493 e. The van der Waals surface area contributed by atoms with E-state index in [4.69, 9.17) is 28.2 Å². The second-order valence-electron chi connectivity index (χ2n) is 8.52. The van der Waals surface area contributed by atoms with Crippen LogP contribution >= 0.6 is 0 Å². The first-order chi connectivity index (χ1) is 16.6. The van der Waals surface area contributed by atoms with E-state index in [0.717, 1.165) is 18.1 Å². The SMILES string of the molecule is [2H]C([2H])([2H])C([2H])(C)C([2H])([2H])[C@H]1CN2CCc3cc(OC)c(OC)cc3[C@@H]2C[C@H]1OC(=O)[C@@H](N)C(C)C. The molecule has 0 amide bonds. The normalized spacial score (nSPS) is 30.7. The molecule has 1 fully saturated rings. The van der Waals surface area contributed by atoms with Crippen LogP contribution in [0.1, 0.15) is 65.8 Å². The molecule has 1 saturated heterocycles. The smallest absolute Gasteiger partial charge is 0.323 e. The summed E-state index contributed by atoms with van der Waals surface area (Å²) in [7, 11) is 3.13. The fourth-order valence-electron chi connectivity index (χ4n) is 4.38. The Kier molecular flexibility index (Phi) is 5.08. The van der Waals surface area contributed by atoms with Crippen LogP contribution in [0.15, 0.2) is 12.1 Å². The van der Waals surface area contributed by atoms with Crippen molar-refractivity contribution in [2.75, 3.05) is 27.3 Å². The molecule has 5 atom stereocenters. The van der Waals surface area contributed by atoms with Gasteiger partial charge in [0.25, 0.3) is 0 Å². The van der Waals surface area contributed by atoms with Gasteiger partial charge in [-0.3, -0.25) is 9.69 Å². The van der Waals surface area contributed by atoms with Gasteiger partial charge in [0, 0.05) is 39.7 Å². The molecule has 0 bridgehead atoms. The van der Waals surface area contributed by atoms with Crippen molar-refractivity contribution in [1.29, 1.82) is 0 Å². The number of fused-ring (bicyclic) bond motifs is 3. The molecule has 6 heteroatoms. The maximum atomic E-state index is 12.9. The molecule has 0 radical (unpaired) electrons. The topological polar surface area (TPSA) is 74.0 Å². The number of ether oxygens (including phenoxy) is 3. The molecule has 2 N–H and O–H groups in total. The summed E-state index contributed by atoms with van der Waals surface area (Å²) in [5.74, 6) is -3.14. The molecule has 30 heavy (non-hydrogen) atoms. The highest BCUT2D eigenvalue weighted by molar-refractivity contribution is 5.76. The van der Waals surface area contributed by atoms with Gasteiger partial charge in [-0.05, 0) is 47.9 Å². The maximum Gasteiger partial charge on any atom is 0.323 e. The Morgan fingerprint density at radius 1 is 1.33 bits per heavy atom. The first kappa shape index (κ1) is 15.9. The number of carbonyl (C=O) groups is 1. The predicted molar refractivity (Wildman–Crippen MR) is 118 cm³/mol. The highest BCUT2D eigenvalue weighted by atomic mass is 16.5. The van der Waals surface area contributed by atoms with E-state index in [0.29, 0.717) is 24.5 Å². The molecule has 0 spiro atoms. The molecule has 0 aromatic heterocycles. The zero-order valence-corrected chi connectivity index (χ0v) is 18.5. The number of hydrogen-bond acceptors (Lipinski definition) is 6. The number of carbonyl (C=O) groups excluding carboxylic acids is 1. The van der Waals surface area contributed by atoms with Crippen LogP contribution < -0.4 is 15.2 Å². The Labute approximate surface area is 189 Å². The summed E-state index contributed by atoms with van der Waals surface area (Å²) in [6, 6.07) is 2.72. The van der Waals surface area contributed by atoms with E-state index >= 15 is 0 Å². The Balaban J connectivity index is 2.04. The standard InChI is InChI=1S/C24H38N2O4/c1-14(2)9-17-13-26-8-7-16-10-21(28-5)22(29-6)11-18(16)19(26)12-20(17)30-24(27)23(25)15(3)4/h10-11,14-15,17,19-20,23H,7-9,12-13,25H2,1-6H3/t17-,19-,20+,23-/m0/s1/i1D3,9D2,14D/t14?,17-,19-,20+,23-. The molecular formula is C24H38N2O4. The second kappa shape index (κ2) is 9.56. The van der Waals surface area contributed by atoms with Crippen molar-refractivity contribution in [3.8, 4) is 11.5 Å². The number of piperidine rings is 1. The van der Waals surface area contributed by atoms with Crippen molar-refractivity contribution in [3.05, 3.63) is 23.3 Å². The van der Waals surface area contributed by atoms with E-state index in [1.165, 1.54) is 0 Å². The third-order valence-electron chi connectivity index (χ3n) is 6.11. The lowest BCUT2D eigenvalue weighted by atomic mass is 9.79. The average molecular weight is 425 g/mol. The van der Waals surface area contributed by atoms with Crippen LogP contribution in [0.4, 0.5) is 0 Å². The van der Waals surface area contributed by atoms with Gasteiger partial charge in [-0.1, -0.05) is 27.6 Å². The van der Waals surface area contributed by atoms with Crippen molar-refractivity contribution < 1.29 is 27.2 Å². The van der Waals surface area contributed by atoms with E-state index in [1.807, 2.05) is 12.1 Å². The fourth-order valence-corrected chi connectivity index (χ4v) is 4.38. The van der Waals surface area contributed by atoms with Crippen LogP contribution in [-0.2, 0) is 16.0 Å². The summed E-state index contributed by atoms with van der Waals surface area (Å²) < 4.78 is 66.5. The lowest BCUT2D eigenvalue weighted by molar-refractivity contribution is -0.160. The van der Waals surface area contributed by atoms with Crippen molar-refractivity contribution in [2.24, 2.45) is 23.5 Å². The van der Waals surface area contributed by atoms with Crippen LogP contribution in [0.2, 0.25) is 0 Å². The zero-order chi connectivity index (χ0) is 27.2. The quantitative estimate of drug-likeness (QED) is 0.675. The van der Waals surface area contributed by atoms with Crippen LogP contribution in [0, 0.1) is 17.7 Å². The zero-order valence-electron chi connectivity index (χ0n) is 24.5. The van der Waals surface area contributed by atoms with Gasteiger partial charge in [0.15, 0.2) is 11.5 Å². The lowest BCUT2D eigenvalue weighted by Crippen LogP contribution is -2.51. The maximum absolute atomic E-state index is 12.9. The van der Waals surface area contributed by atoms with Gasteiger partial charge in [0.05, 0.1) is 14.2 Å². The van der Waals surface area contributed by atoms with Crippen molar-refractivity contribution in [2.45, 2.75) is 65.0 Å². The van der Waals surface area contributed by atoms with E-state index < -0.39 is 43.2 Å². The van der Waals surface area contributed by atoms with Gasteiger partial charge >= 0.3 is 5.97 Å². The summed E-state index contributed by atoms with van der Waals surface area (Å²) in [5.41, 5.74) is 8.06. The highest BCUT2D eigenvalue weighted by Crippen LogP contribution is 2.44. The third kappa shape index (κ3) is 4.75. The van der Waals surface area contributed by atoms with Crippen LogP contribution in [0.25, 0.3) is 0 Å². The van der Waals surface area contributed by atoms with E-state index in [-0.39, 0.29) is 24.9 Å². The molecule has 2 heterocycles. The number of nitrogens with two attached hydrogens (primary N) is 1.